The summed E-state index contributed by atoms with van der Waals surface area (Å²) in [7, 11) is 0. The summed E-state index contributed by atoms with van der Waals surface area (Å²) >= 11 is 0. The molecule has 0 saturated carbocycles. The van der Waals surface area contributed by atoms with Gasteiger partial charge in [-0.2, -0.15) is 0 Å². The van der Waals surface area contributed by atoms with E-state index in [1.165, 1.54) is 12.1 Å². The van der Waals surface area contributed by atoms with Gasteiger partial charge in [0.1, 0.15) is 5.75 Å². The minimum Gasteiger partial charge on any atom is -0.506 e. The van der Waals surface area contributed by atoms with Gasteiger partial charge in [-0.25, -0.2) is 0 Å². The van der Waals surface area contributed by atoms with Gasteiger partial charge in [0.15, 0.2) is 0 Å². The largest absolute Gasteiger partial charge is 0.506 e. The quantitative estimate of drug-likeness (QED) is 0.646. The van der Waals surface area contributed by atoms with Crippen LogP contribution in [0.2, 0.25) is 0 Å². The second kappa shape index (κ2) is 6.50. The molecule has 0 spiro atoms. The van der Waals surface area contributed by atoms with Crippen LogP contribution in [-0.4, -0.2) is 27.8 Å². The van der Waals surface area contributed by atoms with Crippen LogP contribution in [0.4, 0.5) is 0 Å². The summed E-state index contributed by atoms with van der Waals surface area (Å²) in [6, 6.07) is 6.66. The number of aliphatic hydroxyl groups excluding tert-OH is 1. The molecular weight excluding hydrogens is 316 g/mol. The Morgan fingerprint density at radius 2 is 1.84 bits per heavy atom. The predicted molar refractivity (Wildman–Crippen MR) is 97.6 cm³/mol. The predicted octanol–water partition coefficient (Wildman–Crippen LogP) is 2.67. The molecule has 4 rings (SSSR count). The Labute approximate surface area is 145 Å². The first kappa shape index (κ1) is 16.1. The number of aliphatic hydroxyl groups is 1. The molecule has 25 heavy (non-hydrogen) atoms. The molecule has 0 amide bonds. The topological polar surface area (TPSA) is 85.3 Å². The third kappa shape index (κ3) is 3.13. The SMILES string of the molecule is O=c1ccc2c([C@@H](O)CNC3CC4=C(CC=CC4)C3)ccc(O)c2[nH]1. The molecule has 0 saturated heterocycles. The van der Waals surface area contributed by atoms with Gasteiger partial charge in [0, 0.05) is 24.0 Å². The van der Waals surface area contributed by atoms with Gasteiger partial charge in [0.2, 0.25) is 5.56 Å². The molecule has 2 aliphatic rings. The van der Waals surface area contributed by atoms with E-state index in [4.69, 9.17) is 0 Å². The fourth-order valence-corrected chi connectivity index (χ4v) is 3.94. The maximum absolute atomic E-state index is 11.5. The first-order valence-electron chi connectivity index (χ1n) is 8.73. The third-order valence-corrected chi connectivity index (χ3v) is 5.25. The third-order valence-electron chi connectivity index (χ3n) is 5.25. The van der Waals surface area contributed by atoms with Crippen LogP contribution >= 0.6 is 0 Å². The van der Waals surface area contributed by atoms with Crippen molar-refractivity contribution in [3.8, 4) is 5.75 Å². The van der Waals surface area contributed by atoms with E-state index >= 15 is 0 Å². The Balaban J connectivity index is 1.47. The molecule has 1 aromatic carbocycles. The lowest BCUT2D eigenvalue weighted by atomic mass is 10.0. The molecule has 5 nitrogen and oxygen atoms in total. The number of pyridine rings is 1. The first-order valence-corrected chi connectivity index (χ1v) is 8.73. The van der Waals surface area contributed by atoms with E-state index in [9.17, 15) is 15.0 Å². The van der Waals surface area contributed by atoms with Crippen LogP contribution in [0.3, 0.4) is 0 Å². The Hall–Kier alpha value is -2.37. The van der Waals surface area contributed by atoms with Crippen LogP contribution in [-0.2, 0) is 0 Å². The standard InChI is InChI=1S/C20H22N2O3/c23-17-7-5-15(16-6-8-19(25)22-20(16)17)18(24)11-21-14-9-12-3-1-2-4-13(12)10-14/h1-2,5-8,14,18,21,23-24H,3-4,9-11H2,(H,22,25)/t18-/m0/s1. The molecule has 4 N–H and O–H groups in total. The van der Waals surface area contributed by atoms with Crippen molar-refractivity contribution in [2.24, 2.45) is 0 Å². The highest BCUT2D eigenvalue weighted by Gasteiger charge is 2.24. The Morgan fingerprint density at radius 3 is 2.56 bits per heavy atom. The smallest absolute Gasteiger partial charge is 0.248 e. The average molecular weight is 338 g/mol. The average Bonchev–Trinajstić information content (AvgIpc) is 3.03. The van der Waals surface area contributed by atoms with Crippen LogP contribution in [0.25, 0.3) is 10.9 Å². The summed E-state index contributed by atoms with van der Waals surface area (Å²) in [5, 5.41) is 24.7. The van der Waals surface area contributed by atoms with Crippen molar-refractivity contribution in [3.05, 3.63) is 63.5 Å². The highest BCUT2D eigenvalue weighted by molar-refractivity contribution is 5.87. The number of allylic oxidation sites excluding steroid dienone is 2. The zero-order chi connectivity index (χ0) is 17.4. The van der Waals surface area contributed by atoms with Gasteiger partial charge in [0.05, 0.1) is 11.6 Å². The molecule has 2 aromatic rings. The summed E-state index contributed by atoms with van der Waals surface area (Å²) in [6.45, 7) is 0.442. The van der Waals surface area contributed by atoms with E-state index in [1.54, 1.807) is 23.3 Å². The maximum atomic E-state index is 11.5. The molecule has 0 radical (unpaired) electrons. The molecule has 0 unspecified atom stereocenters. The van der Waals surface area contributed by atoms with Gasteiger partial charge in [0.25, 0.3) is 0 Å². The highest BCUT2D eigenvalue weighted by Crippen LogP contribution is 2.34. The molecule has 2 aliphatic carbocycles. The van der Waals surface area contributed by atoms with Gasteiger partial charge < -0.3 is 20.5 Å². The van der Waals surface area contributed by atoms with E-state index in [0.717, 1.165) is 25.7 Å². The summed E-state index contributed by atoms with van der Waals surface area (Å²) in [6.07, 6.45) is 7.99. The molecular formula is C20H22N2O3. The molecule has 5 heteroatoms. The van der Waals surface area contributed by atoms with Crippen molar-refractivity contribution < 1.29 is 10.2 Å². The maximum Gasteiger partial charge on any atom is 0.248 e. The lowest BCUT2D eigenvalue weighted by Crippen LogP contribution is -2.31. The van der Waals surface area contributed by atoms with Crippen LogP contribution in [0.15, 0.2) is 52.4 Å². The van der Waals surface area contributed by atoms with E-state index in [2.05, 4.69) is 22.5 Å². The van der Waals surface area contributed by atoms with Gasteiger partial charge in [-0.15, -0.1) is 0 Å². The van der Waals surface area contributed by atoms with Crippen molar-refractivity contribution >= 4 is 10.9 Å². The Morgan fingerprint density at radius 1 is 1.12 bits per heavy atom. The minimum atomic E-state index is -0.704. The van der Waals surface area contributed by atoms with Crippen molar-refractivity contribution in [1.82, 2.24) is 10.3 Å². The van der Waals surface area contributed by atoms with E-state index < -0.39 is 6.10 Å². The Bertz CT molecular complexity index is 906. The number of fused-ring (bicyclic) bond motifs is 1. The number of hydrogen-bond acceptors (Lipinski definition) is 4. The number of aromatic amines is 1. The van der Waals surface area contributed by atoms with Crippen LogP contribution in [0.1, 0.15) is 37.4 Å². The van der Waals surface area contributed by atoms with Crippen LogP contribution in [0, 0.1) is 0 Å². The number of benzene rings is 1. The number of phenolic OH excluding ortho intramolecular Hbond substituents is 1. The number of phenols is 1. The summed E-state index contributed by atoms with van der Waals surface area (Å²) in [4.78, 5) is 14.1. The lowest BCUT2D eigenvalue weighted by molar-refractivity contribution is 0.171. The van der Waals surface area contributed by atoms with E-state index in [0.29, 0.717) is 29.1 Å². The number of rotatable bonds is 4. The normalized spacial score (nSPS) is 18.8. The van der Waals surface area contributed by atoms with E-state index in [1.807, 2.05) is 0 Å². The van der Waals surface area contributed by atoms with Crippen molar-refractivity contribution in [3.63, 3.8) is 0 Å². The summed E-state index contributed by atoms with van der Waals surface area (Å²) < 4.78 is 0. The summed E-state index contributed by atoms with van der Waals surface area (Å²) in [5.74, 6) is 0.0109. The zero-order valence-electron chi connectivity index (χ0n) is 14.0. The van der Waals surface area contributed by atoms with Crippen LogP contribution in [0.5, 0.6) is 5.75 Å². The summed E-state index contributed by atoms with van der Waals surface area (Å²) in [5.41, 5.74) is 3.88. The number of nitrogens with one attached hydrogen (secondary N) is 2. The van der Waals surface area contributed by atoms with E-state index in [-0.39, 0.29) is 11.3 Å². The molecule has 1 atom stereocenters. The minimum absolute atomic E-state index is 0.0109. The molecule has 0 aliphatic heterocycles. The zero-order valence-corrected chi connectivity index (χ0v) is 14.0. The lowest BCUT2D eigenvalue weighted by Gasteiger charge is -2.18. The van der Waals surface area contributed by atoms with Gasteiger partial charge in [-0.3, -0.25) is 4.79 Å². The van der Waals surface area contributed by atoms with Crippen molar-refractivity contribution in [2.45, 2.75) is 37.8 Å². The second-order valence-electron chi connectivity index (χ2n) is 6.90. The number of hydrogen-bond donors (Lipinski definition) is 4. The molecule has 1 heterocycles. The fraction of sp³-hybridized carbons (Fsp3) is 0.350. The van der Waals surface area contributed by atoms with Gasteiger partial charge in [-0.05, 0) is 43.4 Å². The molecule has 0 bridgehead atoms. The molecule has 0 fully saturated rings. The number of H-pyrrole nitrogens is 1. The molecule has 130 valence electrons. The second-order valence-corrected chi connectivity index (χ2v) is 6.90. The molecule has 1 aromatic heterocycles. The first-order chi connectivity index (χ1) is 12.1. The Kier molecular flexibility index (Phi) is 4.19. The highest BCUT2D eigenvalue weighted by atomic mass is 16.3. The monoisotopic (exact) mass is 338 g/mol. The fourth-order valence-electron chi connectivity index (χ4n) is 3.94. The number of aromatic hydroxyl groups is 1. The van der Waals surface area contributed by atoms with Crippen LogP contribution < -0.4 is 10.9 Å². The van der Waals surface area contributed by atoms with Gasteiger partial charge >= 0.3 is 0 Å². The number of aromatic nitrogens is 1. The van der Waals surface area contributed by atoms with Crippen molar-refractivity contribution in [2.75, 3.05) is 6.54 Å². The van der Waals surface area contributed by atoms with Gasteiger partial charge in [-0.1, -0.05) is 29.4 Å². The van der Waals surface area contributed by atoms with Crippen molar-refractivity contribution in [1.29, 1.82) is 0 Å².